The van der Waals surface area contributed by atoms with E-state index in [9.17, 15) is 14.4 Å². The fourth-order valence-corrected chi connectivity index (χ4v) is 4.34. The summed E-state index contributed by atoms with van der Waals surface area (Å²) < 4.78 is 6.36. The number of hydrogen-bond acceptors (Lipinski definition) is 6. The van der Waals surface area contributed by atoms with E-state index >= 15 is 0 Å². The molecule has 0 saturated carbocycles. The summed E-state index contributed by atoms with van der Waals surface area (Å²) in [6, 6.07) is 21.7. The normalized spacial score (nSPS) is 10.8. The van der Waals surface area contributed by atoms with Gasteiger partial charge in [0.05, 0.1) is 23.2 Å². The van der Waals surface area contributed by atoms with Gasteiger partial charge in [0.2, 0.25) is 0 Å². The Labute approximate surface area is 204 Å². The van der Waals surface area contributed by atoms with Crippen molar-refractivity contribution in [1.29, 1.82) is 0 Å². The number of fused-ring (bicyclic) bond motifs is 1. The Kier molecular flexibility index (Phi) is 7.30. The lowest BCUT2D eigenvalue weighted by Crippen LogP contribution is -2.24. The van der Waals surface area contributed by atoms with Crippen LogP contribution >= 0.6 is 23.4 Å². The van der Waals surface area contributed by atoms with Crippen LogP contribution in [0.2, 0.25) is 5.02 Å². The summed E-state index contributed by atoms with van der Waals surface area (Å²) >= 11 is 7.42. The smallest absolute Gasteiger partial charge is 0.312 e. The van der Waals surface area contributed by atoms with E-state index < -0.39 is 18.5 Å². The fraction of sp³-hybridized carbons (Fsp3) is 0.120. The van der Waals surface area contributed by atoms with Gasteiger partial charge >= 0.3 is 5.97 Å². The van der Waals surface area contributed by atoms with Crippen LogP contribution in [0.25, 0.3) is 10.8 Å². The van der Waals surface area contributed by atoms with Crippen molar-refractivity contribution < 1.29 is 14.3 Å². The Morgan fingerprint density at radius 3 is 2.44 bits per heavy atom. The first-order valence-electron chi connectivity index (χ1n) is 10.3. The lowest BCUT2D eigenvalue weighted by atomic mass is 10.1. The summed E-state index contributed by atoms with van der Waals surface area (Å²) in [6.45, 7) is -0.442. The van der Waals surface area contributed by atoms with Gasteiger partial charge in [-0.15, -0.1) is 0 Å². The summed E-state index contributed by atoms with van der Waals surface area (Å²) in [6.07, 6.45) is -0.162. The first-order valence-corrected chi connectivity index (χ1v) is 11.5. The summed E-state index contributed by atoms with van der Waals surface area (Å²) in [4.78, 5) is 38.9. The van der Waals surface area contributed by atoms with Crippen LogP contribution in [-0.2, 0) is 27.8 Å². The number of aromatic nitrogens is 2. The van der Waals surface area contributed by atoms with Gasteiger partial charge in [-0.1, -0.05) is 53.7 Å². The lowest BCUT2D eigenvalue weighted by Gasteiger charge is -2.11. The number of hydrogen-bond donors (Lipinski definition) is 1. The number of aryl methyl sites for hydroxylation is 1. The van der Waals surface area contributed by atoms with Crippen LogP contribution in [0.3, 0.4) is 0 Å². The fourth-order valence-electron chi connectivity index (χ4n) is 3.32. The van der Waals surface area contributed by atoms with Gasteiger partial charge in [-0.2, -0.15) is 5.10 Å². The molecule has 0 spiro atoms. The summed E-state index contributed by atoms with van der Waals surface area (Å²) in [5.41, 5.74) is 0.768. The van der Waals surface area contributed by atoms with Crippen LogP contribution in [0.5, 0.6) is 0 Å². The highest BCUT2D eigenvalue weighted by molar-refractivity contribution is 7.99. The third kappa shape index (κ3) is 5.65. The van der Waals surface area contributed by atoms with Gasteiger partial charge in [-0.05, 0) is 42.5 Å². The molecule has 1 aromatic heterocycles. The molecular weight excluding hydrogens is 474 g/mol. The minimum absolute atomic E-state index is 0.162. The number of benzene rings is 3. The van der Waals surface area contributed by atoms with E-state index in [4.69, 9.17) is 16.3 Å². The molecule has 0 aliphatic heterocycles. The molecule has 9 heteroatoms. The molecule has 0 saturated heterocycles. The number of carbonyl (C=O) groups excluding carboxylic acids is 2. The van der Waals surface area contributed by atoms with Gasteiger partial charge in [0.15, 0.2) is 6.61 Å². The molecule has 1 N–H and O–H groups in total. The lowest BCUT2D eigenvalue weighted by molar-refractivity contribution is -0.146. The van der Waals surface area contributed by atoms with Crippen LogP contribution in [0.1, 0.15) is 5.69 Å². The predicted molar refractivity (Wildman–Crippen MR) is 132 cm³/mol. The molecule has 0 aliphatic rings. The van der Waals surface area contributed by atoms with Crippen molar-refractivity contribution in [2.75, 3.05) is 11.9 Å². The number of ether oxygens (including phenoxy) is 1. The maximum atomic E-state index is 12.5. The Morgan fingerprint density at radius 2 is 1.68 bits per heavy atom. The zero-order chi connectivity index (χ0) is 24.1. The van der Waals surface area contributed by atoms with E-state index in [1.807, 2.05) is 30.3 Å². The van der Waals surface area contributed by atoms with E-state index in [1.54, 1.807) is 42.5 Å². The van der Waals surface area contributed by atoms with Crippen molar-refractivity contribution in [3.8, 4) is 0 Å². The molecule has 0 bridgehead atoms. The van der Waals surface area contributed by atoms with Gasteiger partial charge in [-0.3, -0.25) is 14.4 Å². The number of amides is 1. The van der Waals surface area contributed by atoms with Gasteiger partial charge in [0.1, 0.15) is 0 Å². The Morgan fingerprint density at radius 1 is 1.00 bits per heavy atom. The number of para-hydroxylation sites is 1. The second kappa shape index (κ2) is 10.5. The maximum Gasteiger partial charge on any atom is 0.312 e. The topological polar surface area (TPSA) is 90.3 Å². The maximum absolute atomic E-state index is 12.5. The molecule has 7 nitrogen and oxygen atoms in total. The van der Waals surface area contributed by atoms with Crippen LogP contribution in [-0.4, -0.2) is 28.3 Å². The molecule has 0 aliphatic carbocycles. The summed E-state index contributed by atoms with van der Waals surface area (Å²) in [7, 11) is 1.52. The van der Waals surface area contributed by atoms with Crippen LogP contribution < -0.4 is 10.9 Å². The van der Waals surface area contributed by atoms with Crippen molar-refractivity contribution >= 4 is 51.7 Å². The SMILES string of the molecule is Cn1nc(CC(=O)OCC(=O)Nc2ccccc2Sc2ccc(Cl)cc2)c2ccccc2c1=O. The molecule has 0 radical (unpaired) electrons. The van der Waals surface area contributed by atoms with Crippen LogP contribution in [0, 0.1) is 0 Å². The molecule has 0 atom stereocenters. The van der Waals surface area contributed by atoms with Gasteiger partial charge in [0, 0.05) is 27.2 Å². The number of nitrogens with one attached hydrogen (secondary N) is 1. The third-order valence-corrected chi connectivity index (χ3v) is 6.25. The molecule has 1 amide bonds. The number of nitrogens with zero attached hydrogens (tertiary/aromatic N) is 2. The number of rotatable bonds is 7. The first-order chi connectivity index (χ1) is 16.4. The molecule has 1 heterocycles. The number of carbonyl (C=O) groups is 2. The number of anilines is 1. The zero-order valence-electron chi connectivity index (χ0n) is 18.2. The molecular formula is C25H20ClN3O4S. The zero-order valence-corrected chi connectivity index (χ0v) is 19.7. The van der Waals surface area contributed by atoms with E-state index in [2.05, 4.69) is 10.4 Å². The van der Waals surface area contributed by atoms with Crippen LogP contribution in [0.4, 0.5) is 5.69 Å². The van der Waals surface area contributed by atoms with E-state index in [0.29, 0.717) is 27.2 Å². The standard InChI is InChI=1S/C25H20ClN3O4S/c1-29-25(32)19-7-3-2-6-18(19)21(28-29)14-24(31)33-15-23(30)27-20-8-4-5-9-22(20)34-17-12-10-16(26)11-13-17/h2-13H,14-15H2,1H3,(H,27,30). The highest BCUT2D eigenvalue weighted by atomic mass is 35.5. The summed E-state index contributed by atoms with van der Waals surface area (Å²) in [5, 5.41) is 8.67. The molecule has 0 unspecified atom stereocenters. The molecule has 4 rings (SSSR count). The molecule has 0 fully saturated rings. The summed E-state index contributed by atoms with van der Waals surface area (Å²) in [5.74, 6) is -1.08. The second-order valence-corrected chi connectivity index (χ2v) is 8.91. The van der Waals surface area contributed by atoms with Crippen LogP contribution in [0.15, 0.2) is 87.4 Å². The Hall–Kier alpha value is -3.62. The van der Waals surface area contributed by atoms with E-state index in [-0.39, 0.29) is 12.0 Å². The van der Waals surface area contributed by atoms with Crippen molar-refractivity contribution in [3.05, 3.63) is 93.9 Å². The predicted octanol–water partition coefficient (Wildman–Crippen LogP) is 4.46. The van der Waals surface area contributed by atoms with Crippen molar-refractivity contribution in [1.82, 2.24) is 9.78 Å². The van der Waals surface area contributed by atoms with Gasteiger partial charge in [0.25, 0.3) is 11.5 Å². The second-order valence-electron chi connectivity index (χ2n) is 7.36. The number of halogens is 1. The third-order valence-electron chi connectivity index (χ3n) is 4.91. The van der Waals surface area contributed by atoms with E-state index in [0.717, 1.165) is 9.79 Å². The van der Waals surface area contributed by atoms with Gasteiger partial charge in [-0.25, -0.2) is 4.68 Å². The average Bonchev–Trinajstić information content (AvgIpc) is 2.84. The van der Waals surface area contributed by atoms with Crippen molar-refractivity contribution in [3.63, 3.8) is 0 Å². The monoisotopic (exact) mass is 493 g/mol. The first kappa shape index (κ1) is 23.5. The molecule has 34 heavy (non-hydrogen) atoms. The Bertz CT molecular complexity index is 1420. The minimum Gasteiger partial charge on any atom is -0.455 e. The molecule has 4 aromatic rings. The van der Waals surface area contributed by atoms with Crippen molar-refractivity contribution in [2.45, 2.75) is 16.2 Å². The molecule has 3 aromatic carbocycles. The molecule has 172 valence electrons. The van der Waals surface area contributed by atoms with Crippen molar-refractivity contribution in [2.24, 2.45) is 7.05 Å². The highest BCUT2D eigenvalue weighted by Crippen LogP contribution is 2.33. The van der Waals surface area contributed by atoms with E-state index in [1.165, 1.54) is 23.5 Å². The van der Waals surface area contributed by atoms with Gasteiger partial charge < -0.3 is 10.1 Å². The Balaban J connectivity index is 1.38. The quantitative estimate of drug-likeness (QED) is 0.382. The average molecular weight is 494 g/mol. The highest BCUT2D eigenvalue weighted by Gasteiger charge is 2.15. The number of esters is 1. The largest absolute Gasteiger partial charge is 0.455 e. The minimum atomic E-state index is -0.615.